The van der Waals surface area contributed by atoms with Crippen LogP contribution in [0.3, 0.4) is 0 Å². The lowest BCUT2D eigenvalue weighted by atomic mass is 10.1. The number of benzene rings is 1. The van der Waals surface area contributed by atoms with E-state index in [1.807, 2.05) is 0 Å². The Morgan fingerprint density at radius 1 is 1.24 bits per heavy atom. The lowest BCUT2D eigenvalue weighted by Gasteiger charge is -2.28. The van der Waals surface area contributed by atoms with Crippen LogP contribution in [0.4, 0.5) is 0 Å². The van der Waals surface area contributed by atoms with Crippen LogP contribution in [-0.4, -0.2) is 26.3 Å². The molecule has 0 radical (unpaired) electrons. The highest BCUT2D eigenvalue weighted by Crippen LogP contribution is 2.28. The molecule has 5 heteroatoms. The van der Waals surface area contributed by atoms with E-state index in [1.54, 1.807) is 32.9 Å². The van der Waals surface area contributed by atoms with Crippen LogP contribution in [0, 0.1) is 0 Å². The van der Waals surface area contributed by atoms with Crippen molar-refractivity contribution in [2.24, 2.45) is 5.73 Å². The summed E-state index contributed by atoms with van der Waals surface area (Å²) < 4.78 is 28.7. The van der Waals surface area contributed by atoms with E-state index >= 15 is 0 Å². The summed E-state index contributed by atoms with van der Waals surface area (Å²) in [6, 6.07) is 5.89. The second-order valence-corrected chi connectivity index (χ2v) is 7.10. The number of hydrogen-bond donors (Lipinski definition) is 1. The minimum Gasteiger partial charge on any atom is -0.497 e. The Labute approximate surface area is 103 Å². The smallest absolute Gasteiger partial charge is 0.185 e. The van der Waals surface area contributed by atoms with Gasteiger partial charge in [0.15, 0.2) is 9.84 Å². The van der Waals surface area contributed by atoms with Crippen molar-refractivity contribution in [1.29, 1.82) is 0 Å². The van der Waals surface area contributed by atoms with E-state index in [0.29, 0.717) is 5.75 Å². The molecule has 17 heavy (non-hydrogen) atoms. The van der Waals surface area contributed by atoms with Crippen LogP contribution in [0.5, 0.6) is 5.75 Å². The number of rotatable bonds is 4. The number of methoxy groups -OCH3 is 1. The van der Waals surface area contributed by atoms with Crippen LogP contribution < -0.4 is 10.5 Å². The van der Waals surface area contributed by atoms with Crippen LogP contribution in [0.1, 0.15) is 20.8 Å². The highest BCUT2D eigenvalue weighted by Gasteiger charge is 2.38. The van der Waals surface area contributed by atoms with Crippen molar-refractivity contribution in [3.63, 3.8) is 0 Å². The van der Waals surface area contributed by atoms with Gasteiger partial charge in [-0.3, -0.25) is 0 Å². The zero-order valence-electron chi connectivity index (χ0n) is 10.6. The van der Waals surface area contributed by atoms with Gasteiger partial charge < -0.3 is 10.5 Å². The molecule has 1 aromatic rings. The Bertz CT molecular complexity index is 475. The van der Waals surface area contributed by atoms with Gasteiger partial charge in [-0.1, -0.05) is 0 Å². The van der Waals surface area contributed by atoms with Gasteiger partial charge in [-0.05, 0) is 45.0 Å². The van der Waals surface area contributed by atoms with E-state index in [4.69, 9.17) is 10.5 Å². The van der Waals surface area contributed by atoms with E-state index in [2.05, 4.69) is 0 Å². The zero-order chi connectivity index (χ0) is 13.3. The van der Waals surface area contributed by atoms with E-state index in [-0.39, 0.29) is 4.90 Å². The number of hydrogen-bond acceptors (Lipinski definition) is 4. The maximum atomic E-state index is 12.4. The van der Waals surface area contributed by atoms with Crippen molar-refractivity contribution in [1.82, 2.24) is 0 Å². The molecule has 96 valence electrons. The molecule has 0 heterocycles. The first-order chi connectivity index (χ1) is 7.73. The highest BCUT2D eigenvalue weighted by molar-refractivity contribution is 7.92. The molecule has 4 nitrogen and oxygen atoms in total. The minimum atomic E-state index is -3.44. The molecule has 1 atom stereocenters. The molecule has 1 aromatic carbocycles. The molecule has 0 saturated carbocycles. The van der Waals surface area contributed by atoms with Crippen LogP contribution in [0.25, 0.3) is 0 Å². The molecule has 0 spiro atoms. The minimum absolute atomic E-state index is 0.264. The third-order valence-corrected chi connectivity index (χ3v) is 5.81. The monoisotopic (exact) mass is 257 g/mol. The van der Waals surface area contributed by atoms with Crippen molar-refractivity contribution >= 4 is 9.84 Å². The van der Waals surface area contributed by atoms with Gasteiger partial charge in [-0.25, -0.2) is 8.42 Å². The molecule has 0 aromatic heterocycles. The van der Waals surface area contributed by atoms with Gasteiger partial charge in [-0.15, -0.1) is 0 Å². The molecular weight excluding hydrogens is 238 g/mol. The van der Waals surface area contributed by atoms with Crippen LogP contribution in [0.2, 0.25) is 0 Å². The van der Waals surface area contributed by atoms with E-state index in [0.717, 1.165) is 0 Å². The molecule has 1 unspecified atom stereocenters. The van der Waals surface area contributed by atoms with Crippen LogP contribution in [0.15, 0.2) is 29.2 Å². The van der Waals surface area contributed by atoms with Gasteiger partial charge in [0.2, 0.25) is 0 Å². The van der Waals surface area contributed by atoms with Gasteiger partial charge in [0.25, 0.3) is 0 Å². The fraction of sp³-hybridized carbons (Fsp3) is 0.500. The first-order valence-electron chi connectivity index (χ1n) is 5.37. The molecular formula is C12H19NO3S. The predicted octanol–water partition coefficient (Wildman–Crippen LogP) is 1.59. The van der Waals surface area contributed by atoms with Gasteiger partial charge in [0.05, 0.1) is 16.8 Å². The Balaban J connectivity index is 3.22. The molecule has 0 aliphatic carbocycles. The predicted molar refractivity (Wildman–Crippen MR) is 67.9 cm³/mol. The Morgan fingerprint density at radius 2 is 1.71 bits per heavy atom. The second-order valence-electron chi connectivity index (χ2n) is 4.57. The van der Waals surface area contributed by atoms with Crippen molar-refractivity contribution in [3.05, 3.63) is 24.3 Å². The fourth-order valence-electron chi connectivity index (χ4n) is 1.30. The van der Waals surface area contributed by atoms with Gasteiger partial charge in [0, 0.05) is 6.04 Å². The zero-order valence-corrected chi connectivity index (χ0v) is 11.4. The summed E-state index contributed by atoms with van der Waals surface area (Å²) in [5.41, 5.74) is 5.75. The molecule has 0 bridgehead atoms. The number of nitrogens with two attached hydrogens (primary N) is 1. The lowest BCUT2D eigenvalue weighted by molar-refractivity contribution is 0.414. The van der Waals surface area contributed by atoms with Crippen molar-refractivity contribution in [3.8, 4) is 5.75 Å². The maximum Gasteiger partial charge on any atom is 0.185 e. The summed E-state index contributed by atoms with van der Waals surface area (Å²) in [6.07, 6.45) is 0. The molecule has 0 aliphatic heterocycles. The molecule has 0 fully saturated rings. The van der Waals surface area contributed by atoms with Crippen LogP contribution >= 0.6 is 0 Å². The van der Waals surface area contributed by atoms with E-state index in [1.165, 1.54) is 19.2 Å². The molecule has 2 N–H and O–H groups in total. The van der Waals surface area contributed by atoms with Crippen LogP contribution in [-0.2, 0) is 9.84 Å². The summed E-state index contributed by atoms with van der Waals surface area (Å²) in [5, 5.41) is 0. The normalized spacial score (nSPS) is 14.4. The summed E-state index contributed by atoms with van der Waals surface area (Å²) in [7, 11) is -1.91. The highest BCUT2D eigenvalue weighted by atomic mass is 32.2. The summed E-state index contributed by atoms with van der Waals surface area (Å²) in [4.78, 5) is 0.264. The van der Waals surface area contributed by atoms with Crippen molar-refractivity contribution in [2.75, 3.05) is 7.11 Å². The first kappa shape index (κ1) is 14.0. The lowest BCUT2D eigenvalue weighted by Crippen LogP contribution is -2.47. The van der Waals surface area contributed by atoms with Gasteiger partial charge in [0.1, 0.15) is 5.75 Å². The summed E-state index contributed by atoms with van der Waals surface area (Å²) in [6.45, 7) is 4.97. The standard InChI is InChI=1S/C12H19NO3S/c1-9(13)12(2,3)17(14,15)11-7-5-10(16-4)6-8-11/h5-9H,13H2,1-4H3. The SMILES string of the molecule is COc1ccc(S(=O)(=O)C(C)(C)C(C)N)cc1. The number of ether oxygens (including phenoxy) is 1. The Kier molecular flexibility index (Phi) is 3.84. The largest absolute Gasteiger partial charge is 0.497 e. The van der Waals surface area contributed by atoms with Gasteiger partial charge >= 0.3 is 0 Å². The fourth-order valence-corrected chi connectivity index (χ4v) is 2.89. The average molecular weight is 257 g/mol. The van der Waals surface area contributed by atoms with Gasteiger partial charge in [-0.2, -0.15) is 0 Å². The average Bonchev–Trinajstić information content (AvgIpc) is 2.28. The van der Waals surface area contributed by atoms with Crippen molar-refractivity contribution < 1.29 is 13.2 Å². The topological polar surface area (TPSA) is 69.4 Å². The molecule has 0 amide bonds. The second kappa shape index (κ2) is 4.66. The third-order valence-electron chi connectivity index (χ3n) is 3.16. The maximum absolute atomic E-state index is 12.4. The summed E-state index contributed by atoms with van der Waals surface area (Å²) >= 11 is 0. The summed E-state index contributed by atoms with van der Waals surface area (Å²) in [5.74, 6) is 0.627. The quantitative estimate of drug-likeness (QED) is 0.889. The third kappa shape index (κ3) is 2.45. The first-order valence-corrected chi connectivity index (χ1v) is 6.86. The van der Waals surface area contributed by atoms with E-state index < -0.39 is 20.6 Å². The van der Waals surface area contributed by atoms with Crippen molar-refractivity contribution in [2.45, 2.75) is 36.5 Å². The number of sulfone groups is 1. The molecule has 0 saturated heterocycles. The molecule has 1 rings (SSSR count). The Morgan fingerprint density at radius 3 is 2.06 bits per heavy atom. The molecule has 0 aliphatic rings. The van der Waals surface area contributed by atoms with E-state index in [9.17, 15) is 8.42 Å². The Hall–Kier alpha value is -1.07.